The molecule has 0 amide bonds. The standard InChI is InChI=1S/2C11H5ClF4N2O/c2*12-9-4-10(18-5-17-9)19-6-1-2-8(13)7(3-6)11(14,15)16/h2*1-5H. The summed E-state index contributed by atoms with van der Waals surface area (Å²) in [5.74, 6) is -3.24. The second-order valence-corrected chi connectivity index (χ2v) is 7.62. The monoisotopic (exact) mass is 584 g/mol. The number of halogens is 10. The Morgan fingerprint density at radius 2 is 0.921 bits per heavy atom. The second kappa shape index (κ2) is 11.7. The summed E-state index contributed by atoms with van der Waals surface area (Å²) in [6, 6.07) is 6.98. The number of hydrogen-bond acceptors (Lipinski definition) is 6. The minimum atomic E-state index is -4.80. The van der Waals surface area contributed by atoms with Crippen LogP contribution in [-0.2, 0) is 12.4 Å². The van der Waals surface area contributed by atoms with E-state index in [1.54, 1.807) is 0 Å². The molecule has 0 aliphatic heterocycles. The van der Waals surface area contributed by atoms with Gasteiger partial charge in [-0.3, -0.25) is 0 Å². The van der Waals surface area contributed by atoms with Crippen molar-refractivity contribution in [2.24, 2.45) is 0 Å². The van der Waals surface area contributed by atoms with E-state index in [1.165, 1.54) is 12.1 Å². The van der Waals surface area contributed by atoms with Crippen LogP contribution in [0, 0.1) is 11.6 Å². The van der Waals surface area contributed by atoms with Crippen LogP contribution < -0.4 is 9.47 Å². The van der Waals surface area contributed by atoms with Gasteiger partial charge in [0.1, 0.15) is 46.1 Å². The van der Waals surface area contributed by atoms with E-state index in [1.807, 2.05) is 0 Å². The van der Waals surface area contributed by atoms with Crippen LogP contribution in [0.5, 0.6) is 23.3 Å². The van der Waals surface area contributed by atoms with E-state index in [0.717, 1.165) is 24.8 Å². The van der Waals surface area contributed by atoms with E-state index in [9.17, 15) is 35.1 Å². The molecule has 2 heterocycles. The predicted molar refractivity (Wildman–Crippen MR) is 117 cm³/mol. The maximum absolute atomic E-state index is 13.0. The molecular formula is C22H10Cl2F8N4O2. The molecule has 2 aromatic heterocycles. The van der Waals surface area contributed by atoms with Gasteiger partial charge >= 0.3 is 12.4 Å². The van der Waals surface area contributed by atoms with Crippen LogP contribution in [0.3, 0.4) is 0 Å². The highest BCUT2D eigenvalue weighted by atomic mass is 35.5. The van der Waals surface area contributed by atoms with Crippen molar-refractivity contribution >= 4 is 23.2 Å². The van der Waals surface area contributed by atoms with E-state index >= 15 is 0 Å². The number of aromatic nitrogens is 4. The maximum atomic E-state index is 13.0. The van der Waals surface area contributed by atoms with Crippen LogP contribution in [-0.4, -0.2) is 19.9 Å². The van der Waals surface area contributed by atoms with Crippen LogP contribution in [0.25, 0.3) is 0 Å². The number of hydrogen-bond donors (Lipinski definition) is 0. The highest BCUT2D eigenvalue weighted by molar-refractivity contribution is 6.29. The lowest BCUT2D eigenvalue weighted by atomic mass is 10.2. The summed E-state index contributed by atoms with van der Waals surface area (Å²) in [6.45, 7) is 0. The summed E-state index contributed by atoms with van der Waals surface area (Å²) in [5, 5.41) is 0.145. The molecule has 0 unspecified atom stereocenters. The molecule has 0 N–H and O–H groups in total. The fraction of sp³-hybridized carbons (Fsp3) is 0.0909. The van der Waals surface area contributed by atoms with Crippen LogP contribution in [0.1, 0.15) is 11.1 Å². The largest absolute Gasteiger partial charge is 0.439 e. The van der Waals surface area contributed by atoms with Crippen molar-refractivity contribution in [3.05, 3.63) is 94.3 Å². The van der Waals surface area contributed by atoms with Gasteiger partial charge in [-0.05, 0) is 36.4 Å². The molecule has 0 aliphatic carbocycles. The smallest absolute Gasteiger partial charge is 0.419 e. The van der Waals surface area contributed by atoms with Gasteiger partial charge in [-0.2, -0.15) is 26.3 Å². The Morgan fingerprint density at radius 3 is 1.24 bits per heavy atom. The first-order chi connectivity index (χ1) is 17.7. The van der Waals surface area contributed by atoms with Gasteiger partial charge in [-0.15, -0.1) is 0 Å². The van der Waals surface area contributed by atoms with Gasteiger partial charge in [0.2, 0.25) is 11.8 Å². The molecule has 2 aromatic carbocycles. The average molecular weight is 585 g/mol. The highest BCUT2D eigenvalue weighted by Gasteiger charge is 2.35. The topological polar surface area (TPSA) is 70.0 Å². The predicted octanol–water partition coefficient (Wildman–Crippen LogP) is 8.16. The number of ether oxygens (including phenoxy) is 2. The Morgan fingerprint density at radius 1 is 0.553 bits per heavy atom. The van der Waals surface area contributed by atoms with E-state index in [4.69, 9.17) is 32.7 Å². The Bertz CT molecular complexity index is 1310. The summed E-state index contributed by atoms with van der Waals surface area (Å²) < 4.78 is 111. The van der Waals surface area contributed by atoms with E-state index in [2.05, 4.69) is 19.9 Å². The van der Waals surface area contributed by atoms with E-state index in [-0.39, 0.29) is 33.6 Å². The van der Waals surface area contributed by atoms with Gasteiger partial charge < -0.3 is 9.47 Å². The molecule has 16 heteroatoms. The Labute approximate surface area is 217 Å². The summed E-state index contributed by atoms with van der Waals surface area (Å²) in [5.41, 5.74) is -2.82. The van der Waals surface area contributed by atoms with Crippen molar-refractivity contribution in [2.45, 2.75) is 12.4 Å². The minimum Gasteiger partial charge on any atom is -0.439 e. The van der Waals surface area contributed by atoms with Crippen molar-refractivity contribution in [3.63, 3.8) is 0 Å². The molecule has 0 saturated heterocycles. The normalized spacial score (nSPS) is 11.4. The first-order valence-corrected chi connectivity index (χ1v) is 10.5. The quantitative estimate of drug-likeness (QED) is 0.178. The molecule has 0 radical (unpaired) electrons. The minimum absolute atomic E-state index is 0.0419. The average Bonchev–Trinajstić information content (AvgIpc) is 2.81. The molecule has 0 atom stereocenters. The van der Waals surface area contributed by atoms with E-state index in [0.29, 0.717) is 24.3 Å². The number of alkyl halides is 6. The van der Waals surface area contributed by atoms with Crippen molar-refractivity contribution in [1.29, 1.82) is 0 Å². The Balaban J connectivity index is 0.000000211. The molecule has 6 nitrogen and oxygen atoms in total. The molecule has 0 saturated carbocycles. The van der Waals surface area contributed by atoms with Crippen molar-refractivity contribution < 1.29 is 44.6 Å². The van der Waals surface area contributed by atoms with Crippen molar-refractivity contribution in [2.75, 3.05) is 0 Å². The molecule has 0 bridgehead atoms. The summed E-state index contributed by atoms with van der Waals surface area (Å²) >= 11 is 11.1. The fourth-order valence-corrected chi connectivity index (χ4v) is 2.83. The zero-order valence-corrected chi connectivity index (χ0v) is 19.7. The highest BCUT2D eigenvalue weighted by Crippen LogP contribution is 2.35. The van der Waals surface area contributed by atoms with Gasteiger partial charge in [-0.1, -0.05) is 23.2 Å². The maximum Gasteiger partial charge on any atom is 0.419 e. The lowest BCUT2D eigenvalue weighted by Gasteiger charge is -2.10. The first kappa shape index (κ1) is 28.8. The summed E-state index contributed by atoms with van der Waals surface area (Å²) in [4.78, 5) is 14.5. The third-order valence-electron chi connectivity index (χ3n) is 4.15. The van der Waals surface area contributed by atoms with E-state index < -0.39 is 35.1 Å². The molecule has 0 spiro atoms. The Hall–Kier alpha value is -3.78. The van der Waals surface area contributed by atoms with Crippen molar-refractivity contribution in [3.8, 4) is 23.3 Å². The zero-order valence-electron chi connectivity index (χ0n) is 18.2. The molecule has 38 heavy (non-hydrogen) atoms. The zero-order chi connectivity index (χ0) is 28.1. The van der Waals surface area contributed by atoms with Crippen LogP contribution in [0.4, 0.5) is 35.1 Å². The third kappa shape index (κ3) is 8.11. The van der Waals surface area contributed by atoms with Gasteiger partial charge in [0.15, 0.2) is 0 Å². The SMILES string of the molecule is Fc1ccc(Oc2cc(Cl)ncn2)cc1C(F)(F)F.Fc1ccc(Oc2cc(Cl)ncn2)cc1C(F)(F)F. The Kier molecular flexibility index (Phi) is 8.89. The molecule has 0 fully saturated rings. The number of rotatable bonds is 4. The molecule has 4 aromatic rings. The fourth-order valence-electron chi connectivity index (χ4n) is 2.56. The molecule has 200 valence electrons. The van der Waals surface area contributed by atoms with Crippen LogP contribution in [0.2, 0.25) is 10.3 Å². The van der Waals surface area contributed by atoms with Crippen molar-refractivity contribution in [1.82, 2.24) is 19.9 Å². The number of benzene rings is 2. The van der Waals surface area contributed by atoms with Gasteiger partial charge in [0.05, 0.1) is 11.1 Å². The second-order valence-electron chi connectivity index (χ2n) is 6.84. The molecule has 4 rings (SSSR count). The summed E-state index contributed by atoms with van der Waals surface area (Å²) in [6.07, 6.45) is -7.42. The lowest BCUT2D eigenvalue weighted by Crippen LogP contribution is -2.08. The van der Waals surface area contributed by atoms with Gasteiger partial charge in [0.25, 0.3) is 0 Å². The first-order valence-electron chi connectivity index (χ1n) is 9.76. The van der Waals surface area contributed by atoms with Crippen LogP contribution >= 0.6 is 23.2 Å². The van der Waals surface area contributed by atoms with Gasteiger partial charge in [-0.25, -0.2) is 28.7 Å². The van der Waals surface area contributed by atoms with Crippen LogP contribution in [0.15, 0.2) is 61.2 Å². The summed E-state index contributed by atoms with van der Waals surface area (Å²) in [7, 11) is 0. The lowest BCUT2D eigenvalue weighted by molar-refractivity contribution is -0.140. The molecular weight excluding hydrogens is 575 g/mol. The number of nitrogens with zero attached hydrogens (tertiary/aromatic N) is 4. The molecule has 0 aliphatic rings. The van der Waals surface area contributed by atoms with Gasteiger partial charge in [0, 0.05) is 12.1 Å². The third-order valence-corrected chi connectivity index (χ3v) is 4.56.